The molecule has 0 saturated carbocycles. The van der Waals surface area contributed by atoms with Gasteiger partial charge in [0.25, 0.3) is 0 Å². The number of hydrogen-bond acceptors (Lipinski definition) is 3. The summed E-state index contributed by atoms with van der Waals surface area (Å²) >= 11 is 0. The quantitative estimate of drug-likeness (QED) is 0.700. The molecule has 0 bridgehead atoms. The van der Waals surface area contributed by atoms with E-state index in [-0.39, 0.29) is 0 Å². The summed E-state index contributed by atoms with van der Waals surface area (Å²) in [5, 5.41) is 0. The largest absolute Gasteiger partial charge is 0.497 e. The second-order valence-electron chi connectivity index (χ2n) is 3.47. The Kier molecular flexibility index (Phi) is 3.55. The van der Waals surface area contributed by atoms with Gasteiger partial charge in [0.2, 0.25) is 6.41 Å². The number of amides is 1. The number of hydrogen-bond donors (Lipinski definition) is 0. The molecule has 1 amide bonds. The zero-order chi connectivity index (χ0) is 11.4. The molecule has 0 aromatic heterocycles. The van der Waals surface area contributed by atoms with Crippen molar-refractivity contribution >= 4 is 17.8 Å². The van der Waals surface area contributed by atoms with E-state index in [0.717, 1.165) is 23.5 Å². The molecular weight excluding hydrogens is 192 g/mol. The average molecular weight is 208 g/mol. The lowest BCUT2D eigenvalue weighted by Crippen LogP contribution is -2.19. The summed E-state index contributed by atoms with van der Waals surface area (Å²) in [6, 6.07) is 5.60. The molecule has 0 N–H and O–H groups in total. The minimum absolute atomic E-state index is 0.779. The van der Waals surface area contributed by atoms with Gasteiger partial charge in [0, 0.05) is 27.2 Å². The van der Waals surface area contributed by atoms with Gasteiger partial charge >= 0.3 is 0 Å². The van der Waals surface area contributed by atoms with Crippen molar-refractivity contribution in [2.24, 2.45) is 0 Å². The van der Waals surface area contributed by atoms with Gasteiger partial charge in [0.1, 0.15) is 5.75 Å². The first kappa shape index (κ1) is 11.4. The minimum atomic E-state index is 0.779. The van der Waals surface area contributed by atoms with Crippen LogP contribution in [0.4, 0.5) is 11.4 Å². The van der Waals surface area contributed by atoms with Crippen LogP contribution in [0.5, 0.6) is 5.75 Å². The first-order valence-corrected chi connectivity index (χ1v) is 4.63. The first-order chi connectivity index (χ1) is 7.10. The molecule has 1 aromatic carbocycles. The standard InChI is InChI=1S/C11H16N2O2/c1-12(2)11-7-9(15-4)5-6-10(11)13(3)8-14/h5-8H,1-4H3. The van der Waals surface area contributed by atoms with E-state index in [2.05, 4.69) is 0 Å². The molecule has 0 fully saturated rings. The second-order valence-corrected chi connectivity index (χ2v) is 3.47. The van der Waals surface area contributed by atoms with Crippen molar-refractivity contribution in [3.8, 4) is 5.75 Å². The van der Waals surface area contributed by atoms with Crippen LogP contribution in [0.25, 0.3) is 0 Å². The van der Waals surface area contributed by atoms with Crippen LogP contribution in [0.1, 0.15) is 0 Å². The van der Waals surface area contributed by atoms with Crippen molar-refractivity contribution in [2.45, 2.75) is 0 Å². The molecule has 0 unspecified atom stereocenters. The summed E-state index contributed by atoms with van der Waals surface area (Å²) in [5.74, 6) is 0.779. The number of carbonyl (C=O) groups excluding carboxylic acids is 1. The van der Waals surface area contributed by atoms with Crippen molar-refractivity contribution in [1.82, 2.24) is 0 Å². The van der Waals surface area contributed by atoms with Crippen LogP contribution in [-0.4, -0.2) is 34.7 Å². The maximum atomic E-state index is 10.7. The van der Waals surface area contributed by atoms with Crippen molar-refractivity contribution in [1.29, 1.82) is 0 Å². The number of methoxy groups -OCH3 is 1. The molecule has 1 rings (SSSR count). The molecule has 0 aliphatic carbocycles. The smallest absolute Gasteiger partial charge is 0.213 e. The average Bonchev–Trinajstić information content (AvgIpc) is 2.27. The molecule has 82 valence electrons. The third kappa shape index (κ3) is 2.40. The van der Waals surface area contributed by atoms with Crippen molar-refractivity contribution in [2.75, 3.05) is 38.1 Å². The van der Waals surface area contributed by atoms with Crippen molar-refractivity contribution < 1.29 is 9.53 Å². The minimum Gasteiger partial charge on any atom is -0.497 e. The number of benzene rings is 1. The van der Waals surface area contributed by atoms with Crippen molar-refractivity contribution in [3.05, 3.63) is 18.2 Å². The third-order valence-electron chi connectivity index (χ3n) is 2.20. The summed E-state index contributed by atoms with van der Waals surface area (Å²) in [7, 11) is 7.20. The van der Waals surface area contributed by atoms with Gasteiger partial charge in [-0.2, -0.15) is 0 Å². The SMILES string of the molecule is COc1ccc(N(C)C=O)c(N(C)C)c1. The second kappa shape index (κ2) is 4.68. The molecule has 0 spiro atoms. The number of ether oxygens (including phenoxy) is 1. The molecule has 0 saturated heterocycles. The molecule has 0 radical (unpaired) electrons. The highest BCUT2D eigenvalue weighted by Gasteiger charge is 2.09. The molecular formula is C11H16N2O2. The van der Waals surface area contributed by atoms with E-state index in [9.17, 15) is 4.79 Å². The summed E-state index contributed by atoms with van der Waals surface area (Å²) < 4.78 is 5.14. The lowest BCUT2D eigenvalue weighted by atomic mass is 10.2. The van der Waals surface area contributed by atoms with Crippen LogP contribution < -0.4 is 14.5 Å². The number of carbonyl (C=O) groups is 1. The fraction of sp³-hybridized carbons (Fsp3) is 0.364. The maximum Gasteiger partial charge on any atom is 0.213 e. The van der Waals surface area contributed by atoms with E-state index in [4.69, 9.17) is 4.74 Å². The van der Waals surface area contributed by atoms with Crippen LogP contribution in [0.15, 0.2) is 18.2 Å². The molecule has 1 aromatic rings. The molecule has 0 heterocycles. The number of anilines is 2. The monoisotopic (exact) mass is 208 g/mol. The Morgan fingerprint density at radius 1 is 1.20 bits per heavy atom. The van der Waals surface area contributed by atoms with Gasteiger partial charge < -0.3 is 14.5 Å². The molecule has 4 nitrogen and oxygen atoms in total. The van der Waals surface area contributed by atoms with E-state index < -0.39 is 0 Å². The summed E-state index contributed by atoms with van der Waals surface area (Å²) in [4.78, 5) is 14.2. The van der Waals surface area contributed by atoms with Crippen LogP contribution >= 0.6 is 0 Å². The molecule has 0 aliphatic heterocycles. The van der Waals surface area contributed by atoms with Gasteiger partial charge in [0.05, 0.1) is 18.5 Å². The lowest BCUT2D eigenvalue weighted by molar-refractivity contribution is -0.107. The molecule has 0 atom stereocenters. The predicted octanol–water partition coefficient (Wildman–Crippen LogP) is 1.35. The Labute approximate surface area is 90.1 Å². The van der Waals surface area contributed by atoms with Gasteiger partial charge in [0.15, 0.2) is 0 Å². The first-order valence-electron chi connectivity index (χ1n) is 4.63. The van der Waals surface area contributed by atoms with Crippen LogP contribution in [-0.2, 0) is 4.79 Å². The zero-order valence-electron chi connectivity index (χ0n) is 9.52. The summed E-state index contributed by atoms with van der Waals surface area (Å²) in [5.41, 5.74) is 1.81. The topological polar surface area (TPSA) is 32.8 Å². The maximum absolute atomic E-state index is 10.7. The van der Waals surface area contributed by atoms with E-state index in [1.165, 1.54) is 4.90 Å². The number of rotatable bonds is 4. The third-order valence-corrected chi connectivity index (χ3v) is 2.20. The molecule has 4 heteroatoms. The van der Waals surface area contributed by atoms with Gasteiger partial charge in [-0.05, 0) is 12.1 Å². The summed E-state index contributed by atoms with van der Waals surface area (Å²) in [6.45, 7) is 0. The highest BCUT2D eigenvalue weighted by molar-refractivity contribution is 5.84. The van der Waals surface area contributed by atoms with Gasteiger partial charge in [-0.25, -0.2) is 0 Å². The highest BCUT2D eigenvalue weighted by atomic mass is 16.5. The Morgan fingerprint density at radius 2 is 1.87 bits per heavy atom. The highest BCUT2D eigenvalue weighted by Crippen LogP contribution is 2.30. The van der Waals surface area contributed by atoms with Crippen LogP contribution in [0, 0.1) is 0 Å². The van der Waals surface area contributed by atoms with Gasteiger partial charge in [-0.1, -0.05) is 0 Å². The van der Waals surface area contributed by atoms with E-state index in [1.54, 1.807) is 14.2 Å². The lowest BCUT2D eigenvalue weighted by Gasteiger charge is -2.22. The van der Waals surface area contributed by atoms with Crippen LogP contribution in [0.3, 0.4) is 0 Å². The fourth-order valence-electron chi connectivity index (χ4n) is 1.34. The van der Waals surface area contributed by atoms with Gasteiger partial charge in [-0.3, -0.25) is 4.79 Å². The zero-order valence-corrected chi connectivity index (χ0v) is 9.52. The number of nitrogens with zero attached hydrogens (tertiary/aromatic N) is 2. The fourth-order valence-corrected chi connectivity index (χ4v) is 1.34. The van der Waals surface area contributed by atoms with E-state index >= 15 is 0 Å². The Morgan fingerprint density at radius 3 is 2.33 bits per heavy atom. The van der Waals surface area contributed by atoms with Gasteiger partial charge in [-0.15, -0.1) is 0 Å². The molecule has 15 heavy (non-hydrogen) atoms. The van der Waals surface area contributed by atoms with E-state index in [1.807, 2.05) is 37.2 Å². The normalized spacial score (nSPS) is 9.60. The Balaban J connectivity index is 3.20. The summed E-state index contributed by atoms with van der Waals surface area (Å²) in [6.07, 6.45) is 0.787. The Hall–Kier alpha value is -1.71. The Bertz CT molecular complexity index is 350. The molecule has 0 aliphatic rings. The van der Waals surface area contributed by atoms with E-state index in [0.29, 0.717) is 0 Å². The predicted molar refractivity (Wildman–Crippen MR) is 61.8 cm³/mol. The van der Waals surface area contributed by atoms with Crippen molar-refractivity contribution in [3.63, 3.8) is 0 Å². The van der Waals surface area contributed by atoms with Crippen LogP contribution in [0.2, 0.25) is 0 Å².